The van der Waals surface area contributed by atoms with Crippen LogP contribution in [0.15, 0.2) is 279 Å². The van der Waals surface area contributed by atoms with Crippen molar-refractivity contribution in [2.75, 3.05) is 0 Å². The normalized spacial score (nSPS) is 12.0. The van der Waals surface area contributed by atoms with Crippen molar-refractivity contribution in [3.63, 3.8) is 0 Å². The van der Waals surface area contributed by atoms with Crippen LogP contribution in [0, 0.1) is 0 Å². The fraction of sp³-hybridized carbons (Fsp3) is 0. The molecule has 378 valence electrons. The molecule has 0 unspecified atom stereocenters. The van der Waals surface area contributed by atoms with Crippen LogP contribution in [0.25, 0.3) is 154 Å². The van der Waals surface area contributed by atoms with Gasteiger partial charge in [-0.15, -0.1) is 11.3 Å². The van der Waals surface area contributed by atoms with Gasteiger partial charge in [-0.25, -0.2) is 9.97 Å². The summed E-state index contributed by atoms with van der Waals surface area (Å²) in [6.45, 7) is 0. The Morgan fingerprint density at radius 2 is 0.556 bits per heavy atom. The van der Waals surface area contributed by atoms with Gasteiger partial charge in [-0.1, -0.05) is 170 Å². The summed E-state index contributed by atoms with van der Waals surface area (Å²) in [7, 11) is 0. The molecule has 5 aromatic heterocycles. The summed E-state index contributed by atoms with van der Waals surface area (Å²) in [6.07, 6.45) is 0. The van der Waals surface area contributed by atoms with Crippen LogP contribution in [-0.2, 0) is 0 Å². The van der Waals surface area contributed by atoms with Crippen LogP contribution in [0.2, 0.25) is 0 Å². The van der Waals surface area contributed by atoms with Crippen molar-refractivity contribution >= 4 is 97.2 Å². The van der Waals surface area contributed by atoms with Gasteiger partial charge in [0, 0.05) is 75.6 Å². The van der Waals surface area contributed by atoms with E-state index in [1.54, 1.807) is 0 Å². The highest BCUT2D eigenvalue weighted by Gasteiger charge is 2.23. The van der Waals surface area contributed by atoms with Crippen molar-refractivity contribution in [2.45, 2.75) is 0 Å². The lowest BCUT2D eigenvalue weighted by atomic mass is 10.00. The first-order chi connectivity index (χ1) is 40.2. The highest BCUT2D eigenvalue weighted by molar-refractivity contribution is 7.27. The lowest BCUT2D eigenvalue weighted by molar-refractivity contribution is 1.10. The Balaban J connectivity index is 0.838. The molecular weight excluding hydrogens is 1000 g/mol. The average molecular weight is 1050 g/mol. The molecule has 0 aliphatic rings. The van der Waals surface area contributed by atoms with E-state index in [1.807, 2.05) is 11.3 Å². The quantitative estimate of drug-likeness (QED) is 0.152. The van der Waals surface area contributed by atoms with Crippen molar-refractivity contribution < 1.29 is 0 Å². The molecule has 6 nitrogen and oxygen atoms in total. The van der Waals surface area contributed by atoms with Gasteiger partial charge in [0.2, 0.25) is 0 Å². The molecule has 17 aromatic rings. The molecule has 0 bridgehead atoms. The lowest BCUT2D eigenvalue weighted by Crippen LogP contribution is -1.97. The Kier molecular flexibility index (Phi) is 10.1. The van der Waals surface area contributed by atoms with Crippen LogP contribution in [0.1, 0.15) is 0 Å². The lowest BCUT2D eigenvalue weighted by Gasteiger charge is -2.10. The van der Waals surface area contributed by atoms with Crippen LogP contribution in [0.3, 0.4) is 0 Å². The Bertz CT molecular complexity index is 4970. The fourth-order valence-electron chi connectivity index (χ4n) is 12.7. The zero-order valence-electron chi connectivity index (χ0n) is 43.6. The van der Waals surface area contributed by atoms with E-state index in [4.69, 9.17) is 9.97 Å². The van der Waals surface area contributed by atoms with Gasteiger partial charge < -0.3 is 9.13 Å². The van der Waals surface area contributed by atoms with Gasteiger partial charge in [0.05, 0.1) is 44.1 Å². The number of hydrogen-bond acceptors (Lipinski definition) is 3. The van der Waals surface area contributed by atoms with E-state index in [9.17, 15) is 0 Å². The first-order valence-corrected chi connectivity index (χ1v) is 28.3. The first-order valence-electron chi connectivity index (χ1n) is 27.5. The van der Waals surface area contributed by atoms with Gasteiger partial charge in [-0.05, 0) is 131 Å². The fourth-order valence-corrected chi connectivity index (χ4v) is 14.1. The summed E-state index contributed by atoms with van der Waals surface area (Å²) >= 11 is 1.93. The van der Waals surface area contributed by atoms with Crippen LogP contribution < -0.4 is 0 Å². The molecule has 0 atom stereocenters. The van der Waals surface area contributed by atoms with Crippen molar-refractivity contribution in [3.05, 3.63) is 279 Å². The molecule has 0 fully saturated rings. The molecule has 0 radical (unpaired) electrons. The largest absolute Gasteiger partial charge is 0.309 e. The number of nitrogens with zero attached hydrogens (tertiary/aromatic N) is 6. The van der Waals surface area contributed by atoms with Crippen LogP contribution in [0.5, 0.6) is 0 Å². The van der Waals surface area contributed by atoms with E-state index in [-0.39, 0.29) is 0 Å². The number of fused-ring (bicyclic) bond motifs is 13. The van der Waals surface area contributed by atoms with Gasteiger partial charge in [-0.2, -0.15) is 0 Å². The Labute approximate surface area is 469 Å². The molecule has 12 aromatic carbocycles. The minimum absolute atomic E-state index is 0.923. The second-order valence-electron chi connectivity index (χ2n) is 20.9. The molecule has 0 amide bonds. The molecule has 17 rings (SSSR count). The molecule has 0 aliphatic heterocycles. The predicted octanol–water partition coefficient (Wildman–Crippen LogP) is 19.6. The van der Waals surface area contributed by atoms with Crippen molar-refractivity contribution in [2.24, 2.45) is 0 Å². The number of rotatable bonds is 8. The maximum atomic E-state index is 5.17. The van der Waals surface area contributed by atoms with Crippen molar-refractivity contribution in [1.82, 2.24) is 28.2 Å². The highest BCUT2D eigenvalue weighted by Crippen LogP contribution is 2.49. The van der Waals surface area contributed by atoms with Gasteiger partial charge in [-0.3, -0.25) is 9.13 Å². The molecule has 0 saturated carbocycles. The standard InChI is InChI=1S/C74H46N6S/c1-5-17-53(18-6-1)77-63-41-37-51(47-29-33-49(34-30-47)73-75-61-25-13-15-27-65(61)79(73)55-21-9-3-10-22-55)45-59(63)69-67(77)43-39-57-58-40-44-68-70(72(58)81-71(57)69)60-46-52(38-42-64(60)78(68)54-19-7-2-8-20-54)48-31-35-50(36-32-48)74-76-62-26-14-16-28-66(62)80(74)56-23-11-4-12-24-56/h1-46H. The molecule has 81 heavy (non-hydrogen) atoms. The van der Waals surface area contributed by atoms with E-state index >= 15 is 0 Å². The summed E-state index contributed by atoms with van der Waals surface area (Å²) in [4.78, 5) is 10.3. The third kappa shape index (κ3) is 7.05. The smallest absolute Gasteiger partial charge is 0.145 e. The third-order valence-corrected chi connectivity index (χ3v) is 17.6. The number of benzene rings is 12. The number of hydrogen-bond donors (Lipinski definition) is 0. The molecular formula is C74H46N6S. The Morgan fingerprint density at radius 3 is 0.951 bits per heavy atom. The molecule has 0 N–H and O–H groups in total. The van der Waals surface area contributed by atoms with Crippen molar-refractivity contribution in [1.29, 1.82) is 0 Å². The van der Waals surface area contributed by atoms with Gasteiger partial charge >= 0.3 is 0 Å². The van der Waals surface area contributed by atoms with E-state index in [2.05, 4.69) is 297 Å². The van der Waals surface area contributed by atoms with Gasteiger partial charge in [0.15, 0.2) is 0 Å². The van der Waals surface area contributed by atoms with E-state index in [0.717, 1.165) is 78.7 Å². The van der Waals surface area contributed by atoms with Gasteiger partial charge in [0.1, 0.15) is 11.6 Å². The predicted molar refractivity (Wildman–Crippen MR) is 339 cm³/mol. The monoisotopic (exact) mass is 1050 g/mol. The van der Waals surface area contributed by atoms with E-state index in [1.165, 1.54) is 74.9 Å². The third-order valence-electron chi connectivity index (χ3n) is 16.4. The molecule has 0 saturated heterocycles. The van der Waals surface area contributed by atoms with Crippen LogP contribution >= 0.6 is 11.3 Å². The number of imidazole rings is 2. The number of aromatic nitrogens is 6. The highest BCUT2D eigenvalue weighted by atomic mass is 32.1. The minimum Gasteiger partial charge on any atom is -0.309 e. The summed E-state index contributed by atoms with van der Waals surface area (Å²) in [6, 6.07) is 101. The topological polar surface area (TPSA) is 45.5 Å². The van der Waals surface area contributed by atoms with Crippen LogP contribution in [-0.4, -0.2) is 28.2 Å². The number of thiophene rings is 1. The first kappa shape index (κ1) is 45.4. The Hall–Kier alpha value is -10.6. The summed E-state index contributed by atoms with van der Waals surface area (Å²) < 4.78 is 12.0. The SMILES string of the molecule is c1ccc(-n2c(-c3ccc(-c4ccc5c(c4)c4c6sc7c(ccc8c7c7cc(-c9ccc(-c%10nc%11ccccc%11n%10-c%10ccccc%10)cc9)ccc7n8-c7ccccc7)c6ccc4n5-c4ccccc4)cc3)nc3ccccc32)cc1. The molecule has 7 heteroatoms. The average Bonchev–Trinajstić information content (AvgIpc) is 4.54. The second kappa shape index (κ2) is 18.0. The second-order valence-corrected chi connectivity index (χ2v) is 21.9. The zero-order chi connectivity index (χ0) is 53.1. The Morgan fingerprint density at radius 1 is 0.235 bits per heavy atom. The summed E-state index contributed by atoms with van der Waals surface area (Å²) in [5.41, 5.74) is 20.1. The molecule has 0 spiro atoms. The maximum absolute atomic E-state index is 5.17. The molecule has 0 aliphatic carbocycles. The number of para-hydroxylation sites is 8. The minimum atomic E-state index is 0.923. The van der Waals surface area contributed by atoms with E-state index < -0.39 is 0 Å². The van der Waals surface area contributed by atoms with Crippen LogP contribution in [0.4, 0.5) is 0 Å². The van der Waals surface area contributed by atoms with Gasteiger partial charge in [0.25, 0.3) is 0 Å². The van der Waals surface area contributed by atoms with E-state index in [0.29, 0.717) is 0 Å². The van der Waals surface area contributed by atoms with Crippen molar-refractivity contribution in [3.8, 4) is 67.8 Å². The molecule has 5 heterocycles. The summed E-state index contributed by atoms with van der Waals surface area (Å²) in [5.74, 6) is 1.85. The summed E-state index contributed by atoms with van der Waals surface area (Å²) in [5, 5.41) is 7.52. The maximum Gasteiger partial charge on any atom is 0.145 e. The zero-order valence-corrected chi connectivity index (χ0v) is 44.5.